The van der Waals surface area contributed by atoms with Gasteiger partial charge in [-0.1, -0.05) is 0 Å². The highest BCUT2D eigenvalue weighted by Crippen LogP contribution is 2.17. The Morgan fingerprint density at radius 2 is 2.22 bits per heavy atom. The Hall–Kier alpha value is -2.24. The second-order valence-corrected chi connectivity index (χ2v) is 3.90. The number of methoxy groups -OCH3 is 1. The van der Waals surface area contributed by atoms with Crippen molar-refractivity contribution < 1.29 is 9.53 Å². The summed E-state index contributed by atoms with van der Waals surface area (Å²) in [5, 5.41) is 12.2. The molecule has 2 heterocycles. The molecule has 0 aromatic carbocycles. The Labute approximate surface area is 105 Å². The smallest absolute Gasteiger partial charge is 0.310 e. The molecule has 0 unspecified atom stereocenters. The number of rotatable bonds is 3. The van der Waals surface area contributed by atoms with Crippen molar-refractivity contribution in [1.82, 2.24) is 20.0 Å². The van der Waals surface area contributed by atoms with E-state index in [-0.39, 0.29) is 12.4 Å². The van der Waals surface area contributed by atoms with E-state index in [9.17, 15) is 4.79 Å². The summed E-state index contributed by atoms with van der Waals surface area (Å²) in [6.45, 7) is 3.76. The van der Waals surface area contributed by atoms with Crippen molar-refractivity contribution in [2.24, 2.45) is 0 Å². The lowest BCUT2D eigenvalue weighted by Crippen LogP contribution is -2.07. The fourth-order valence-corrected chi connectivity index (χ4v) is 1.78. The number of carbonyl (C=O) groups is 1. The predicted octanol–water partition coefficient (Wildman–Crippen LogP) is 0.995. The van der Waals surface area contributed by atoms with Crippen LogP contribution in [-0.4, -0.2) is 33.1 Å². The van der Waals surface area contributed by atoms with E-state index in [4.69, 9.17) is 0 Å². The minimum absolute atomic E-state index is 0.217. The molecule has 0 saturated carbocycles. The first-order valence-electron chi connectivity index (χ1n) is 5.53. The third-order valence-electron chi connectivity index (χ3n) is 2.77. The molecule has 18 heavy (non-hydrogen) atoms. The molecule has 0 fully saturated rings. The van der Waals surface area contributed by atoms with Gasteiger partial charge in [-0.25, -0.2) is 4.68 Å². The van der Waals surface area contributed by atoms with E-state index >= 15 is 0 Å². The Balaban J connectivity index is 2.41. The van der Waals surface area contributed by atoms with Crippen LogP contribution in [0.1, 0.15) is 17.0 Å². The zero-order chi connectivity index (χ0) is 13.1. The van der Waals surface area contributed by atoms with Gasteiger partial charge < -0.3 is 4.74 Å². The molecular formula is C12H14N4O2. The summed E-state index contributed by atoms with van der Waals surface area (Å²) in [6.07, 6.45) is 1.82. The maximum absolute atomic E-state index is 11.3. The van der Waals surface area contributed by atoms with Crippen molar-refractivity contribution in [2.45, 2.75) is 20.3 Å². The SMILES string of the molecule is COC(=O)Cc1c(C)nn(-c2cccnn2)c1C. The zero-order valence-corrected chi connectivity index (χ0v) is 10.5. The molecule has 0 spiro atoms. The molecule has 0 amide bonds. The molecule has 94 valence electrons. The summed E-state index contributed by atoms with van der Waals surface area (Å²) in [4.78, 5) is 11.3. The van der Waals surface area contributed by atoms with E-state index in [0.717, 1.165) is 17.0 Å². The van der Waals surface area contributed by atoms with Crippen molar-refractivity contribution in [2.75, 3.05) is 7.11 Å². The molecule has 0 radical (unpaired) electrons. The van der Waals surface area contributed by atoms with Crippen molar-refractivity contribution in [3.05, 3.63) is 35.3 Å². The van der Waals surface area contributed by atoms with Crippen molar-refractivity contribution in [1.29, 1.82) is 0 Å². The largest absolute Gasteiger partial charge is 0.469 e. The van der Waals surface area contributed by atoms with Gasteiger partial charge in [0.1, 0.15) is 0 Å². The highest BCUT2D eigenvalue weighted by molar-refractivity contribution is 5.73. The molecular weight excluding hydrogens is 232 g/mol. The molecule has 2 aromatic rings. The molecule has 0 bridgehead atoms. The Bertz CT molecular complexity index is 563. The summed E-state index contributed by atoms with van der Waals surface area (Å²) < 4.78 is 6.36. The first kappa shape index (κ1) is 12.2. The van der Waals surface area contributed by atoms with Gasteiger partial charge in [0.05, 0.1) is 19.2 Å². The summed E-state index contributed by atoms with van der Waals surface area (Å²) >= 11 is 0. The van der Waals surface area contributed by atoms with Gasteiger partial charge in [0.15, 0.2) is 5.82 Å². The summed E-state index contributed by atoms with van der Waals surface area (Å²) in [5.41, 5.74) is 2.54. The van der Waals surface area contributed by atoms with Crippen LogP contribution in [0.15, 0.2) is 18.3 Å². The van der Waals surface area contributed by atoms with Crippen molar-refractivity contribution >= 4 is 5.97 Å². The van der Waals surface area contributed by atoms with E-state index in [1.807, 2.05) is 19.9 Å². The number of esters is 1. The normalized spacial score (nSPS) is 10.4. The summed E-state index contributed by atoms with van der Waals surface area (Å²) in [5.74, 6) is 0.356. The summed E-state index contributed by atoms with van der Waals surface area (Å²) in [6, 6.07) is 3.60. The standard InChI is InChI=1S/C12H14N4O2/c1-8-10(7-12(17)18-3)9(2)16(15-8)11-5-4-6-13-14-11/h4-6H,7H2,1-3H3. The lowest BCUT2D eigenvalue weighted by Gasteiger charge is -2.03. The number of aromatic nitrogens is 4. The highest BCUT2D eigenvalue weighted by atomic mass is 16.5. The topological polar surface area (TPSA) is 69.9 Å². The molecule has 0 saturated heterocycles. The number of hydrogen-bond donors (Lipinski definition) is 0. The van der Waals surface area contributed by atoms with Crippen LogP contribution in [0, 0.1) is 13.8 Å². The third kappa shape index (κ3) is 2.22. The van der Waals surface area contributed by atoms with Crippen LogP contribution in [0.5, 0.6) is 0 Å². The van der Waals surface area contributed by atoms with Gasteiger partial charge in [-0.3, -0.25) is 4.79 Å². The maximum Gasteiger partial charge on any atom is 0.310 e. The van der Waals surface area contributed by atoms with Gasteiger partial charge in [0, 0.05) is 17.5 Å². The van der Waals surface area contributed by atoms with Gasteiger partial charge in [0.2, 0.25) is 0 Å². The van der Waals surface area contributed by atoms with E-state index in [1.165, 1.54) is 7.11 Å². The van der Waals surface area contributed by atoms with E-state index < -0.39 is 0 Å². The number of nitrogens with zero attached hydrogens (tertiary/aromatic N) is 4. The predicted molar refractivity (Wildman–Crippen MR) is 64.3 cm³/mol. The quantitative estimate of drug-likeness (QED) is 0.755. The van der Waals surface area contributed by atoms with Gasteiger partial charge in [-0.2, -0.15) is 10.2 Å². The van der Waals surface area contributed by atoms with Crippen LogP contribution in [-0.2, 0) is 16.0 Å². The molecule has 2 rings (SSSR count). The molecule has 0 aliphatic rings. The van der Waals surface area contributed by atoms with Crippen LogP contribution < -0.4 is 0 Å². The maximum atomic E-state index is 11.3. The fourth-order valence-electron chi connectivity index (χ4n) is 1.78. The minimum Gasteiger partial charge on any atom is -0.469 e. The molecule has 2 aromatic heterocycles. The Morgan fingerprint density at radius 3 is 2.83 bits per heavy atom. The van der Waals surface area contributed by atoms with Gasteiger partial charge in [-0.05, 0) is 26.0 Å². The molecule has 0 N–H and O–H groups in total. The number of carbonyl (C=O) groups excluding carboxylic acids is 1. The minimum atomic E-state index is -0.278. The van der Waals surface area contributed by atoms with Crippen LogP contribution >= 0.6 is 0 Å². The van der Waals surface area contributed by atoms with Gasteiger partial charge >= 0.3 is 5.97 Å². The van der Waals surface area contributed by atoms with E-state index in [2.05, 4.69) is 20.0 Å². The zero-order valence-electron chi connectivity index (χ0n) is 10.5. The average molecular weight is 246 g/mol. The van der Waals surface area contributed by atoms with Crippen LogP contribution in [0.25, 0.3) is 5.82 Å². The lowest BCUT2D eigenvalue weighted by molar-refractivity contribution is -0.139. The average Bonchev–Trinajstić information content (AvgIpc) is 2.67. The first-order valence-corrected chi connectivity index (χ1v) is 5.53. The molecule has 0 aliphatic carbocycles. The molecule has 6 nitrogen and oxygen atoms in total. The number of aryl methyl sites for hydroxylation is 1. The van der Waals surface area contributed by atoms with E-state index in [0.29, 0.717) is 5.82 Å². The van der Waals surface area contributed by atoms with Crippen LogP contribution in [0.4, 0.5) is 0 Å². The molecule has 0 atom stereocenters. The lowest BCUT2D eigenvalue weighted by atomic mass is 10.1. The third-order valence-corrected chi connectivity index (χ3v) is 2.77. The van der Waals surface area contributed by atoms with Gasteiger partial charge in [0.25, 0.3) is 0 Å². The number of ether oxygens (including phenoxy) is 1. The van der Waals surface area contributed by atoms with E-state index in [1.54, 1.807) is 16.9 Å². The fraction of sp³-hybridized carbons (Fsp3) is 0.333. The second-order valence-electron chi connectivity index (χ2n) is 3.90. The Morgan fingerprint density at radius 1 is 1.44 bits per heavy atom. The monoisotopic (exact) mass is 246 g/mol. The van der Waals surface area contributed by atoms with Crippen molar-refractivity contribution in [3.8, 4) is 5.82 Å². The highest BCUT2D eigenvalue weighted by Gasteiger charge is 2.16. The van der Waals surface area contributed by atoms with Crippen LogP contribution in [0.2, 0.25) is 0 Å². The first-order chi connectivity index (χ1) is 8.63. The second kappa shape index (κ2) is 4.95. The van der Waals surface area contributed by atoms with Crippen molar-refractivity contribution in [3.63, 3.8) is 0 Å². The van der Waals surface area contributed by atoms with Crippen LogP contribution in [0.3, 0.4) is 0 Å². The number of hydrogen-bond acceptors (Lipinski definition) is 5. The Kier molecular flexibility index (Phi) is 3.36. The van der Waals surface area contributed by atoms with Gasteiger partial charge in [-0.15, -0.1) is 5.10 Å². The summed E-state index contributed by atoms with van der Waals surface area (Å²) in [7, 11) is 1.38. The molecule has 0 aliphatic heterocycles. The molecule has 6 heteroatoms.